The van der Waals surface area contributed by atoms with E-state index in [1.807, 2.05) is 27.7 Å². The molecular weight excluding hydrogens is 1460 g/mol. The number of nitrogens with zero attached hydrogens (tertiary/aromatic N) is 2. The highest BCUT2D eigenvalue weighted by Gasteiger charge is 2.39. The molecule has 0 unspecified atom stereocenters. The van der Waals surface area contributed by atoms with E-state index < -0.39 is 191 Å². The predicted octanol–water partition coefficient (Wildman–Crippen LogP) is -2.90. The van der Waals surface area contributed by atoms with Crippen molar-refractivity contribution < 1.29 is 71.9 Å². The molecule has 113 heavy (non-hydrogen) atoms. The van der Waals surface area contributed by atoms with Gasteiger partial charge < -0.3 is 115 Å². The molecule has 646 valence electrons. The minimum atomic E-state index is -1.36. The molecule has 28 N–H and O–H groups in total. The van der Waals surface area contributed by atoms with E-state index in [0.29, 0.717) is 32.2 Å². The second kappa shape index (κ2) is 54.3. The van der Waals surface area contributed by atoms with Gasteiger partial charge in [0.1, 0.15) is 78.5 Å². The van der Waals surface area contributed by atoms with Gasteiger partial charge in [0, 0.05) is 20.0 Å². The lowest BCUT2D eigenvalue weighted by molar-refractivity contribution is -0.137. The molecule has 0 spiro atoms. The van der Waals surface area contributed by atoms with Crippen LogP contribution >= 0.6 is 0 Å². The summed E-state index contributed by atoms with van der Waals surface area (Å²) < 4.78 is 0. The molecule has 0 saturated carbocycles. The molecule has 0 radical (unpaired) electrons. The van der Waals surface area contributed by atoms with Gasteiger partial charge in [0.05, 0.1) is 6.54 Å². The number of hydrogen-bond acceptors (Lipinski definition) is 19. The largest absolute Gasteiger partial charge is 0.370 e. The highest BCUT2D eigenvalue weighted by molar-refractivity contribution is 6.00. The first-order chi connectivity index (χ1) is 52.7. The van der Waals surface area contributed by atoms with Crippen molar-refractivity contribution in [1.82, 2.24) is 74.4 Å². The molecule has 0 fully saturated rings. The van der Waals surface area contributed by atoms with Crippen LogP contribution in [0.25, 0.3) is 0 Å². The Bertz CT molecular complexity index is 3140. The molecular formula is C75H141N23O15. The van der Waals surface area contributed by atoms with Crippen LogP contribution in [0.5, 0.6) is 0 Å². The Morgan fingerprint density at radius 1 is 0.283 bits per heavy atom. The molecule has 0 aliphatic heterocycles. The number of nitrogens with one attached hydrogen (secondary N) is 14. The van der Waals surface area contributed by atoms with Gasteiger partial charge in [0.2, 0.25) is 88.6 Å². The number of carbonyl (C=O) groups excluding carboxylic acids is 15. The monoisotopic (exact) mass is 1600 g/mol. The lowest BCUT2D eigenvalue weighted by atomic mass is 9.98. The third-order valence-corrected chi connectivity index (χ3v) is 17.9. The Morgan fingerprint density at radius 2 is 0.549 bits per heavy atom. The average molecular weight is 1610 g/mol. The Labute approximate surface area is 667 Å². The molecule has 0 rings (SSSR count). The molecule has 0 aliphatic rings. The maximum Gasteiger partial charge on any atom is 0.243 e. The number of nitrogens with two attached hydrogens (primary N) is 7. The predicted molar refractivity (Wildman–Crippen MR) is 431 cm³/mol. The third kappa shape index (κ3) is 42.8. The van der Waals surface area contributed by atoms with E-state index in [1.54, 1.807) is 83.1 Å². The van der Waals surface area contributed by atoms with Crippen molar-refractivity contribution in [3.63, 3.8) is 0 Å². The number of amides is 15. The van der Waals surface area contributed by atoms with E-state index in [4.69, 9.17) is 40.1 Å². The highest BCUT2D eigenvalue weighted by Crippen LogP contribution is 2.17. The van der Waals surface area contributed by atoms with Crippen LogP contribution in [-0.2, 0) is 71.9 Å². The SMILES string of the molecule is CC(=O)N[C@@H](CCCCN)C(=O)N[C@H](C(=O)N[C@@H](CC(C)C)C(=O)NCC(=O)N[C@@H](CCCN=C(N)N)C(=O)N[C@@H](CC(C)C)C(=O)N[C@H](C(=O)N[C@@H](CCCCN)C(=O)N[C@H](C(=O)N[C@@H](CC(C)C)C(=O)N[C@@H](C)C(=O)N[C@@H](CCCN=C(N)N)C(=O)N[C@@H](CC(C)C)C(=O)N[C@H](C(N)=O)C(C)C)C(C)C)C(C)C)C(C)C. The quantitative estimate of drug-likeness (QED) is 0.0165. The van der Waals surface area contributed by atoms with E-state index in [0.717, 1.165) is 0 Å². The zero-order valence-electron chi connectivity index (χ0n) is 70.1. The number of guanidine groups is 2. The van der Waals surface area contributed by atoms with Crippen LogP contribution in [-0.4, -0.2) is 212 Å². The molecule has 38 heteroatoms. The fourth-order valence-electron chi connectivity index (χ4n) is 11.9. The molecule has 0 aromatic heterocycles. The van der Waals surface area contributed by atoms with E-state index >= 15 is 0 Å². The number of primary amides is 1. The van der Waals surface area contributed by atoms with E-state index in [2.05, 4.69) is 84.4 Å². The fraction of sp³-hybridized carbons (Fsp3) is 0.773. The molecule has 15 amide bonds. The second-order valence-electron chi connectivity index (χ2n) is 32.0. The molecule has 0 saturated heterocycles. The van der Waals surface area contributed by atoms with Crippen LogP contribution < -0.4 is 115 Å². The summed E-state index contributed by atoms with van der Waals surface area (Å²) in [6.07, 6.45) is 2.69. The lowest BCUT2D eigenvalue weighted by Gasteiger charge is -2.30. The first kappa shape index (κ1) is 104. The smallest absolute Gasteiger partial charge is 0.243 e. The van der Waals surface area contributed by atoms with Crippen molar-refractivity contribution in [2.45, 2.75) is 293 Å². The maximum atomic E-state index is 14.6. The number of rotatable bonds is 56. The summed E-state index contributed by atoms with van der Waals surface area (Å²) in [5, 5.41) is 37.5. The van der Waals surface area contributed by atoms with Gasteiger partial charge in [-0.05, 0) is 157 Å². The van der Waals surface area contributed by atoms with Gasteiger partial charge in [-0.1, -0.05) is 111 Å². The first-order valence-corrected chi connectivity index (χ1v) is 39.7. The molecule has 0 heterocycles. The summed E-state index contributed by atoms with van der Waals surface area (Å²) in [4.78, 5) is 216. The number of hydrogen-bond donors (Lipinski definition) is 21. The van der Waals surface area contributed by atoms with Gasteiger partial charge in [0.15, 0.2) is 11.9 Å². The van der Waals surface area contributed by atoms with Crippen molar-refractivity contribution in [2.24, 2.45) is 97.5 Å². The normalized spacial score (nSPS) is 14.9. The summed E-state index contributed by atoms with van der Waals surface area (Å²) in [5.74, 6) is -14.5. The molecule has 0 aromatic rings. The van der Waals surface area contributed by atoms with Crippen LogP contribution in [0, 0.1) is 47.3 Å². The van der Waals surface area contributed by atoms with Crippen molar-refractivity contribution in [3.8, 4) is 0 Å². The van der Waals surface area contributed by atoms with Crippen LogP contribution in [0.15, 0.2) is 9.98 Å². The van der Waals surface area contributed by atoms with Crippen molar-refractivity contribution in [1.29, 1.82) is 0 Å². The standard InChI is InChI=1S/C75H141N23O15/c1-38(2)33-52(93-72(112)59(44(13)14)96-66(106)48(87-47(18)99)25-19-21-29-76)63(103)85-37-56(100)88-49(27-23-31-83-74(79)80)64(104)91-55(36-41(7)8)70(110)98-58(43(11)12)71(111)90-50(26-20-22-30-77)67(107)97-60(45(15)16)73(113)94-53(34-39(3)4)68(108)86-46(17)62(102)89-51(28-24-32-84-75(81)82)65(105)92-54(35-40(5)6)69(109)95-57(42(9)10)61(78)101/h38-46,48-55,57-60H,19-37,76-77H2,1-18H3,(H2,78,101)(H,85,103)(H,86,108)(H,87,99)(H,88,100)(H,89,102)(H,90,111)(H,91,104)(H,92,105)(H,93,112)(H,94,113)(H,95,109)(H,96,106)(H,97,107)(H,98,110)(H4,79,80,83)(H4,81,82,84)/t46-,48-,49-,50-,51-,52-,53-,54-,55-,57-,58-,59-,60-/m0/s1. The Morgan fingerprint density at radius 3 is 0.858 bits per heavy atom. The Balaban J connectivity index is 6.91. The Hall–Kier alpha value is -9.49. The molecule has 0 aromatic carbocycles. The summed E-state index contributed by atoms with van der Waals surface area (Å²) in [5.41, 5.74) is 39.3. The third-order valence-electron chi connectivity index (χ3n) is 17.9. The molecule has 13 atom stereocenters. The topological polar surface area (TPSA) is 631 Å². The van der Waals surface area contributed by atoms with Gasteiger partial charge in [-0.15, -0.1) is 0 Å². The summed E-state index contributed by atoms with van der Waals surface area (Å²) in [7, 11) is 0. The van der Waals surface area contributed by atoms with Gasteiger partial charge in [-0.25, -0.2) is 0 Å². The molecule has 0 bridgehead atoms. The molecule has 0 aliphatic carbocycles. The minimum absolute atomic E-state index is 0.0153. The van der Waals surface area contributed by atoms with Crippen molar-refractivity contribution >= 4 is 101 Å². The minimum Gasteiger partial charge on any atom is -0.370 e. The summed E-state index contributed by atoms with van der Waals surface area (Å²) in [6, 6.07) is -16.1. The number of carbonyl (C=O) groups is 15. The molecule has 38 nitrogen and oxygen atoms in total. The highest BCUT2D eigenvalue weighted by atomic mass is 16.2. The van der Waals surface area contributed by atoms with Gasteiger partial charge in [-0.2, -0.15) is 0 Å². The van der Waals surface area contributed by atoms with Gasteiger partial charge >= 0.3 is 0 Å². The average Bonchev–Trinajstić information content (AvgIpc) is 0.841. The number of unbranched alkanes of at least 4 members (excludes halogenated alkanes) is 2. The number of aliphatic imine (C=N–C) groups is 2. The van der Waals surface area contributed by atoms with Crippen LogP contribution in [0.1, 0.15) is 215 Å². The van der Waals surface area contributed by atoms with Crippen molar-refractivity contribution in [2.75, 3.05) is 32.7 Å². The lowest BCUT2D eigenvalue weighted by Crippen LogP contribution is -2.61. The van der Waals surface area contributed by atoms with Gasteiger partial charge in [-0.3, -0.25) is 81.9 Å². The summed E-state index contributed by atoms with van der Waals surface area (Å²) in [6.45, 7) is 30.4. The van der Waals surface area contributed by atoms with E-state index in [1.165, 1.54) is 13.8 Å². The summed E-state index contributed by atoms with van der Waals surface area (Å²) >= 11 is 0. The van der Waals surface area contributed by atoms with Crippen molar-refractivity contribution in [3.05, 3.63) is 0 Å². The fourth-order valence-corrected chi connectivity index (χ4v) is 11.9. The van der Waals surface area contributed by atoms with E-state index in [9.17, 15) is 71.9 Å². The zero-order valence-corrected chi connectivity index (χ0v) is 70.1. The van der Waals surface area contributed by atoms with Crippen LogP contribution in [0.3, 0.4) is 0 Å². The Kier molecular flexibility index (Phi) is 49.7. The van der Waals surface area contributed by atoms with Crippen LogP contribution in [0.2, 0.25) is 0 Å². The van der Waals surface area contributed by atoms with Gasteiger partial charge in [0.25, 0.3) is 0 Å². The zero-order chi connectivity index (χ0) is 86.7. The second-order valence-corrected chi connectivity index (χ2v) is 32.0. The maximum absolute atomic E-state index is 14.6. The van der Waals surface area contributed by atoms with Crippen LogP contribution in [0.4, 0.5) is 0 Å². The van der Waals surface area contributed by atoms with E-state index in [-0.39, 0.29) is 125 Å². The first-order valence-electron chi connectivity index (χ1n) is 39.7.